The normalized spacial score (nSPS) is 11.1. The number of carbonyl (C=O) groups is 1. The predicted octanol–water partition coefficient (Wildman–Crippen LogP) is 2.68. The van der Waals surface area contributed by atoms with Crippen molar-refractivity contribution < 1.29 is 15.0 Å². The Hall–Kier alpha value is -1.52. The Morgan fingerprint density at radius 3 is 2.78 bits per heavy atom. The smallest absolute Gasteiger partial charge is 0.352 e. The number of aromatic nitrogens is 1. The molecule has 0 aliphatic heterocycles. The van der Waals surface area contributed by atoms with Gasteiger partial charge in [-0.3, -0.25) is 0 Å². The van der Waals surface area contributed by atoms with Gasteiger partial charge in [0.05, 0.1) is 10.5 Å². The van der Waals surface area contributed by atoms with Crippen LogP contribution in [0.3, 0.4) is 0 Å². The molecule has 0 spiro atoms. The second-order valence-corrected chi connectivity index (χ2v) is 4.55. The number of hydrogen-bond donors (Lipinski definition) is 2. The molecule has 18 heavy (non-hydrogen) atoms. The van der Waals surface area contributed by atoms with Crippen molar-refractivity contribution >= 4 is 28.5 Å². The van der Waals surface area contributed by atoms with Crippen molar-refractivity contribution in [2.24, 2.45) is 0 Å². The number of aromatic carboxylic acids is 1. The van der Waals surface area contributed by atoms with Gasteiger partial charge in [-0.25, -0.2) is 4.79 Å². The van der Waals surface area contributed by atoms with Crippen molar-refractivity contribution in [1.82, 2.24) is 4.57 Å². The minimum Gasteiger partial charge on any atom is -0.477 e. The van der Waals surface area contributed by atoms with E-state index in [0.717, 1.165) is 10.9 Å². The Balaban J connectivity index is 2.76. The van der Waals surface area contributed by atoms with Crippen molar-refractivity contribution in [1.29, 1.82) is 0 Å². The minimum absolute atomic E-state index is 0.0161. The van der Waals surface area contributed by atoms with Gasteiger partial charge in [0.1, 0.15) is 5.69 Å². The van der Waals surface area contributed by atoms with Crippen molar-refractivity contribution in [2.75, 3.05) is 6.61 Å². The lowest BCUT2D eigenvalue weighted by Crippen LogP contribution is -2.10. The predicted molar refractivity (Wildman–Crippen MR) is 70.3 cm³/mol. The highest BCUT2D eigenvalue weighted by Crippen LogP contribution is 2.31. The molecule has 0 unspecified atom stereocenters. The highest BCUT2D eigenvalue weighted by Gasteiger charge is 2.20. The van der Waals surface area contributed by atoms with Gasteiger partial charge in [-0.05, 0) is 25.0 Å². The number of para-hydroxylation sites is 1. The maximum absolute atomic E-state index is 11.4. The zero-order valence-electron chi connectivity index (χ0n) is 9.98. The van der Waals surface area contributed by atoms with Gasteiger partial charge < -0.3 is 14.8 Å². The largest absolute Gasteiger partial charge is 0.477 e. The molecule has 1 heterocycles. The Morgan fingerprint density at radius 2 is 2.17 bits per heavy atom. The van der Waals surface area contributed by atoms with Gasteiger partial charge in [0, 0.05) is 18.5 Å². The number of halogens is 1. The van der Waals surface area contributed by atoms with Crippen LogP contribution in [0.5, 0.6) is 0 Å². The summed E-state index contributed by atoms with van der Waals surface area (Å²) in [4.78, 5) is 11.4. The Morgan fingerprint density at radius 1 is 1.44 bits per heavy atom. The number of aryl methyl sites for hydroxylation is 2. The van der Waals surface area contributed by atoms with Crippen LogP contribution >= 0.6 is 11.6 Å². The number of fused-ring (bicyclic) bond motifs is 1. The molecule has 2 aromatic rings. The lowest BCUT2D eigenvalue weighted by atomic mass is 10.1. The number of aliphatic hydroxyl groups is 1. The van der Waals surface area contributed by atoms with E-state index in [2.05, 4.69) is 0 Å². The fourth-order valence-electron chi connectivity index (χ4n) is 2.26. The van der Waals surface area contributed by atoms with E-state index >= 15 is 0 Å². The first-order valence-corrected chi connectivity index (χ1v) is 6.07. The van der Waals surface area contributed by atoms with Crippen molar-refractivity contribution in [3.63, 3.8) is 0 Å². The second kappa shape index (κ2) is 5.00. The van der Waals surface area contributed by atoms with E-state index in [4.69, 9.17) is 16.7 Å². The number of hydrogen-bond acceptors (Lipinski definition) is 2. The molecule has 0 aliphatic carbocycles. The van der Waals surface area contributed by atoms with Gasteiger partial charge in [-0.15, -0.1) is 0 Å². The fourth-order valence-corrected chi connectivity index (χ4v) is 2.54. The molecule has 0 radical (unpaired) electrons. The molecule has 5 heteroatoms. The number of aliphatic hydroxyl groups excluding tert-OH is 1. The third-order valence-corrected chi connectivity index (χ3v) is 3.33. The molecule has 0 fully saturated rings. The standard InChI is InChI=1S/C13H14ClNO3/c1-8-9-4-2-5-10(14)12(9)15(6-3-7-16)11(8)13(17)18/h2,4-5,16H,3,6-7H2,1H3,(H,17,18). The summed E-state index contributed by atoms with van der Waals surface area (Å²) in [5, 5.41) is 19.6. The molecule has 0 aliphatic rings. The number of carboxylic acid groups (broad SMARTS) is 1. The van der Waals surface area contributed by atoms with Crippen molar-refractivity contribution in [3.05, 3.63) is 34.5 Å². The van der Waals surface area contributed by atoms with Gasteiger partial charge in [-0.1, -0.05) is 23.7 Å². The molecule has 0 atom stereocenters. The first-order chi connectivity index (χ1) is 8.57. The van der Waals surface area contributed by atoms with Crippen LogP contribution in [0.2, 0.25) is 5.02 Å². The number of rotatable bonds is 4. The first kappa shape index (κ1) is 12.9. The van der Waals surface area contributed by atoms with Gasteiger partial charge >= 0.3 is 5.97 Å². The monoisotopic (exact) mass is 267 g/mol. The summed E-state index contributed by atoms with van der Waals surface area (Å²) in [6.07, 6.45) is 0.495. The lowest BCUT2D eigenvalue weighted by Gasteiger charge is -2.08. The Labute approximate surface area is 109 Å². The molecule has 2 N–H and O–H groups in total. The highest BCUT2D eigenvalue weighted by molar-refractivity contribution is 6.35. The highest BCUT2D eigenvalue weighted by atomic mass is 35.5. The fraction of sp³-hybridized carbons (Fsp3) is 0.308. The summed E-state index contributed by atoms with van der Waals surface area (Å²) in [5.74, 6) is -0.974. The Bertz CT molecular complexity index is 604. The molecular formula is C13H14ClNO3. The summed E-state index contributed by atoms with van der Waals surface area (Å²) < 4.78 is 1.67. The van der Waals surface area contributed by atoms with E-state index in [0.29, 0.717) is 23.6 Å². The van der Waals surface area contributed by atoms with Crippen LogP contribution in [-0.2, 0) is 6.54 Å². The van der Waals surface area contributed by atoms with Crippen LogP contribution in [0.4, 0.5) is 0 Å². The van der Waals surface area contributed by atoms with Crippen LogP contribution in [0.1, 0.15) is 22.5 Å². The van der Waals surface area contributed by atoms with E-state index in [1.807, 2.05) is 6.07 Å². The van der Waals surface area contributed by atoms with Gasteiger partial charge in [0.25, 0.3) is 0 Å². The number of benzene rings is 1. The molecule has 1 aromatic heterocycles. The molecular weight excluding hydrogens is 254 g/mol. The third kappa shape index (κ3) is 1.98. The zero-order chi connectivity index (χ0) is 13.3. The molecule has 96 valence electrons. The SMILES string of the molecule is Cc1c(C(=O)O)n(CCCO)c2c(Cl)cccc12. The number of carboxylic acids is 1. The van der Waals surface area contributed by atoms with Gasteiger partial charge in [0.2, 0.25) is 0 Å². The molecule has 2 rings (SSSR count). The average molecular weight is 268 g/mol. The topological polar surface area (TPSA) is 62.5 Å². The van der Waals surface area contributed by atoms with Crippen LogP contribution in [-0.4, -0.2) is 27.4 Å². The van der Waals surface area contributed by atoms with E-state index in [1.54, 1.807) is 23.6 Å². The summed E-state index contributed by atoms with van der Waals surface area (Å²) in [6, 6.07) is 5.41. The van der Waals surface area contributed by atoms with Gasteiger partial charge in [-0.2, -0.15) is 0 Å². The average Bonchev–Trinajstić information content (AvgIpc) is 2.61. The van der Waals surface area contributed by atoms with Gasteiger partial charge in [0.15, 0.2) is 0 Å². The van der Waals surface area contributed by atoms with Crippen LogP contribution in [0.25, 0.3) is 10.9 Å². The zero-order valence-corrected chi connectivity index (χ0v) is 10.7. The maximum Gasteiger partial charge on any atom is 0.352 e. The summed E-state index contributed by atoms with van der Waals surface area (Å²) in [5.41, 5.74) is 1.67. The summed E-state index contributed by atoms with van der Waals surface area (Å²) in [7, 11) is 0. The summed E-state index contributed by atoms with van der Waals surface area (Å²) >= 11 is 6.15. The van der Waals surface area contributed by atoms with Crippen LogP contribution in [0.15, 0.2) is 18.2 Å². The first-order valence-electron chi connectivity index (χ1n) is 5.69. The van der Waals surface area contributed by atoms with E-state index in [1.165, 1.54) is 0 Å². The van der Waals surface area contributed by atoms with Crippen molar-refractivity contribution in [2.45, 2.75) is 19.9 Å². The summed E-state index contributed by atoms with van der Waals surface area (Å²) in [6.45, 7) is 2.23. The molecule has 1 aromatic carbocycles. The molecule has 0 bridgehead atoms. The second-order valence-electron chi connectivity index (χ2n) is 4.14. The quantitative estimate of drug-likeness (QED) is 0.895. The van der Waals surface area contributed by atoms with Crippen molar-refractivity contribution in [3.8, 4) is 0 Å². The van der Waals surface area contributed by atoms with E-state index in [9.17, 15) is 9.90 Å². The Kier molecular flexibility index (Phi) is 3.59. The number of nitrogens with zero attached hydrogens (tertiary/aromatic N) is 1. The lowest BCUT2D eigenvalue weighted by molar-refractivity contribution is 0.0684. The maximum atomic E-state index is 11.4. The van der Waals surface area contributed by atoms with E-state index in [-0.39, 0.29) is 12.3 Å². The third-order valence-electron chi connectivity index (χ3n) is 3.03. The van der Waals surface area contributed by atoms with E-state index < -0.39 is 5.97 Å². The van der Waals surface area contributed by atoms with Crippen LogP contribution in [0, 0.1) is 6.92 Å². The minimum atomic E-state index is -0.974. The molecule has 0 amide bonds. The molecule has 0 saturated heterocycles. The molecule has 0 saturated carbocycles. The molecule has 4 nitrogen and oxygen atoms in total. The van der Waals surface area contributed by atoms with Crippen LogP contribution < -0.4 is 0 Å².